The van der Waals surface area contributed by atoms with Gasteiger partial charge in [-0.1, -0.05) is 39.2 Å². The van der Waals surface area contributed by atoms with Crippen molar-refractivity contribution in [3.05, 3.63) is 48.2 Å². The highest BCUT2D eigenvalue weighted by Crippen LogP contribution is 2.27. The second-order valence-electron chi connectivity index (χ2n) is 3.67. The number of nitrogens with zero attached hydrogens (tertiary/aromatic N) is 1. The van der Waals surface area contributed by atoms with E-state index >= 15 is 0 Å². The van der Waals surface area contributed by atoms with E-state index < -0.39 is 11.7 Å². The zero-order chi connectivity index (χ0) is 14.2. The molecule has 100 valence electrons. The van der Waals surface area contributed by atoms with Crippen LogP contribution >= 0.6 is 0 Å². The lowest BCUT2D eigenvalue weighted by Crippen LogP contribution is -2.10. The molecule has 0 aromatic rings. The van der Waals surface area contributed by atoms with Crippen molar-refractivity contribution in [1.29, 1.82) is 0 Å². The van der Waals surface area contributed by atoms with Crippen LogP contribution in [0.2, 0.25) is 0 Å². The molecule has 0 spiro atoms. The van der Waals surface area contributed by atoms with Crippen molar-refractivity contribution in [2.45, 2.75) is 32.9 Å². The van der Waals surface area contributed by atoms with Crippen molar-refractivity contribution in [1.82, 2.24) is 0 Å². The second-order valence-corrected chi connectivity index (χ2v) is 3.67. The van der Waals surface area contributed by atoms with E-state index in [1.54, 1.807) is 6.92 Å². The normalized spacial score (nSPS) is 13.5. The van der Waals surface area contributed by atoms with Crippen molar-refractivity contribution >= 4 is 6.21 Å². The molecular formula is C14H18F3N. The topological polar surface area (TPSA) is 12.4 Å². The third-order valence-corrected chi connectivity index (χ3v) is 2.05. The molecule has 18 heavy (non-hydrogen) atoms. The number of allylic oxidation sites excluding steroid dienone is 5. The highest BCUT2D eigenvalue weighted by Gasteiger charge is 2.31. The summed E-state index contributed by atoms with van der Waals surface area (Å²) in [5, 5.41) is 0. The van der Waals surface area contributed by atoms with Gasteiger partial charge in [0.05, 0.1) is 11.3 Å². The van der Waals surface area contributed by atoms with Gasteiger partial charge in [-0.05, 0) is 24.5 Å². The highest BCUT2D eigenvalue weighted by atomic mass is 19.4. The Hall–Kier alpha value is -1.58. The van der Waals surface area contributed by atoms with Gasteiger partial charge in [-0.15, -0.1) is 0 Å². The van der Waals surface area contributed by atoms with E-state index in [-0.39, 0.29) is 5.70 Å². The van der Waals surface area contributed by atoms with Crippen LogP contribution in [0, 0.1) is 0 Å². The number of aliphatic imine (C=N–C) groups is 1. The Labute approximate surface area is 106 Å². The first kappa shape index (κ1) is 16.4. The van der Waals surface area contributed by atoms with Gasteiger partial charge in [0.15, 0.2) is 0 Å². The van der Waals surface area contributed by atoms with Crippen LogP contribution in [0.4, 0.5) is 13.2 Å². The zero-order valence-corrected chi connectivity index (χ0v) is 10.7. The van der Waals surface area contributed by atoms with E-state index in [9.17, 15) is 13.2 Å². The predicted octanol–water partition coefficient (Wildman–Crippen LogP) is 4.99. The van der Waals surface area contributed by atoms with Gasteiger partial charge < -0.3 is 0 Å². The van der Waals surface area contributed by atoms with Gasteiger partial charge in [-0.3, -0.25) is 4.99 Å². The number of hydrogen-bond acceptors (Lipinski definition) is 1. The molecule has 0 aromatic heterocycles. The van der Waals surface area contributed by atoms with Crippen molar-refractivity contribution in [3.63, 3.8) is 0 Å². The van der Waals surface area contributed by atoms with Crippen molar-refractivity contribution in [2.24, 2.45) is 4.99 Å². The molecule has 0 aliphatic heterocycles. The van der Waals surface area contributed by atoms with Gasteiger partial charge in [0.2, 0.25) is 0 Å². The molecule has 0 rings (SSSR count). The van der Waals surface area contributed by atoms with Crippen LogP contribution < -0.4 is 0 Å². The third-order valence-electron chi connectivity index (χ3n) is 2.05. The number of alkyl halides is 3. The van der Waals surface area contributed by atoms with E-state index in [0.29, 0.717) is 12.8 Å². The van der Waals surface area contributed by atoms with Gasteiger partial charge >= 0.3 is 6.18 Å². The van der Waals surface area contributed by atoms with E-state index in [1.165, 1.54) is 12.3 Å². The van der Waals surface area contributed by atoms with E-state index in [4.69, 9.17) is 0 Å². The van der Waals surface area contributed by atoms with Gasteiger partial charge in [0, 0.05) is 6.21 Å². The number of hydrogen-bond donors (Lipinski definition) is 0. The first-order valence-electron chi connectivity index (χ1n) is 5.67. The van der Waals surface area contributed by atoms with Crippen LogP contribution in [0.25, 0.3) is 0 Å². The summed E-state index contributed by atoms with van der Waals surface area (Å²) in [6.45, 7) is 10.8. The molecule has 0 saturated carbocycles. The van der Waals surface area contributed by atoms with Crippen LogP contribution in [0.5, 0.6) is 0 Å². The number of rotatable bonds is 6. The predicted molar refractivity (Wildman–Crippen MR) is 70.6 cm³/mol. The van der Waals surface area contributed by atoms with Gasteiger partial charge in [0.1, 0.15) is 0 Å². The Morgan fingerprint density at radius 3 is 2.28 bits per heavy atom. The molecule has 0 bridgehead atoms. The lowest BCUT2D eigenvalue weighted by molar-refractivity contribution is -0.0882. The molecule has 0 fully saturated rings. The quantitative estimate of drug-likeness (QED) is 0.469. The minimum Gasteiger partial charge on any atom is -0.257 e. The maximum Gasteiger partial charge on any atom is 0.416 e. The van der Waals surface area contributed by atoms with Crippen molar-refractivity contribution in [2.75, 3.05) is 0 Å². The molecule has 0 heterocycles. The van der Waals surface area contributed by atoms with E-state index in [0.717, 1.165) is 17.7 Å². The van der Waals surface area contributed by atoms with E-state index in [1.807, 2.05) is 6.92 Å². The first-order chi connectivity index (χ1) is 8.31. The average Bonchev–Trinajstić information content (AvgIpc) is 2.29. The molecule has 0 amide bonds. The monoisotopic (exact) mass is 257 g/mol. The Morgan fingerprint density at radius 1 is 1.22 bits per heavy atom. The molecule has 0 aliphatic rings. The maximum atomic E-state index is 12.6. The third kappa shape index (κ3) is 6.89. The lowest BCUT2D eigenvalue weighted by Gasteiger charge is -2.07. The fourth-order valence-electron chi connectivity index (χ4n) is 0.952. The molecule has 0 aliphatic carbocycles. The van der Waals surface area contributed by atoms with Gasteiger partial charge in [-0.25, -0.2) is 0 Å². The van der Waals surface area contributed by atoms with Crippen LogP contribution in [0.15, 0.2) is 53.2 Å². The summed E-state index contributed by atoms with van der Waals surface area (Å²) in [5.74, 6) is 0. The fraction of sp³-hybridized carbons (Fsp3) is 0.357. The summed E-state index contributed by atoms with van der Waals surface area (Å²) < 4.78 is 37.9. The van der Waals surface area contributed by atoms with Gasteiger partial charge in [-0.2, -0.15) is 13.2 Å². The fourth-order valence-corrected chi connectivity index (χ4v) is 0.952. The summed E-state index contributed by atoms with van der Waals surface area (Å²) in [6.07, 6.45) is 1.67. The van der Waals surface area contributed by atoms with Crippen LogP contribution in [0.3, 0.4) is 0 Å². The largest absolute Gasteiger partial charge is 0.416 e. The standard InChI is InChI=1S/C14H18F3N/c1-5-7-8-13(14(15,16)17)9-12(4)18-10-11(3)6-2/h7-10H,3-6H2,1-2H3/b8-7-,13-9+,18-10?. The molecule has 0 radical (unpaired) electrons. The summed E-state index contributed by atoms with van der Waals surface area (Å²) >= 11 is 0. The Kier molecular flexibility index (Phi) is 7.01. The molecular weight excluding hydrogens is 239 g/mol. The second kappa shape index (κ2) is 7.69. The maximum absolute atomic E-state index is 12.6. The van der Waals surface area contributed by atoms with Crippen LogP contribution in [-0.2, 0) is 0 Å². The van der Waals surface area contributed by atoms with Crippen LogP contribution in [-0.4, -0.2) is 12.4 Å². The van der Waals surface area contributed by atoms with Gasteiger partial charge in [0.25, 0.3) is 0 Å². The van der Waals surface area contributed by atoms with Crippen molar-refractivity contribution in [3.8, 4) is 0 Å². The zero-order valence-electron chi connectivity index (χ0n) is 10.7. The molecule has 0 unspecified atom stereocenters. The molecule has 4 heteroatoms. The first-order valence-corrected chi connectivity index (χ1v) is 5.67. The average molecular weight is 257 g/mol. The number of halogens is 3. The van der Waals surface area contributed by atoms with Crippen molar-refractivity contribution < 1.29 is 13.2 Å². The SMILES string of the molecule is C=C(C=NC(=C)/C=C(\C=C/CC)C(F)(F)F)CC. The highest BCUT2D eigenvalue weighted by molar-refractivity contribution is 5.78. The summed E-state index contributed by atoms with van der Waals surface area (Å²) in [6, 6.07) is 0. The Balaban J connectivity index is 4.96. The Morgan fingerprint density at radius 2 is 1.83 bits per heavy atom. The molecule has 0 saturated heterocycles. The summed E-state index contributed by atoms with van der Waals surface area (Å²) in [5.41, 5.74) is 0.0356. The molecule has 0 atom stereocenters. The Bertz CT molecular complexity index is 384. The summed E-state index contributed by atoms with van der Waals surface area (Å²) in [4.78, 5) is 3.83. The van der Waals surface area contributed by atoms with Crippen LogP contribution in [0.1, 0.15) is 26.7 Å². The molecule has 1 nitrogen and oxygen atoms in total. The molecule has 0 N–H and O–H groups in total. The van der Waals surface area contributed by atoms with E-state index in [2.05, 4.69) is 18.2 Å². The minimum absolute atomic E-state index is 0.0534. The molecule has 0 aromatic carbocycles. The smallest absolute Gasteiger partial charge is 0.257 e. The summed E-state index contributed by atoms with van der Waals surface area (Å²) in [7, 11) is 0. The lowest BCUT2D eigenvalue weighted by atomic mass is 10.2. The minimum atomic E-state index is -4.40.